The molecule has 13 heavy (non-hydrogen) atoms. The second-order valence-electron chi connectivity index (χ2n) is 2.97. The summed E-state index contributed by atoms with van der Waals surface area (Å²) in [5.74, 6) is -3.00. The van der Waals surface area contributed by atoms with Crippen LogP contribution in [0.2, 0.25) is 0 Å². The molecule has 0 rings (SSSR count). The summed E-state index contributed by atoms with van der Waals surface area (Å²) in [5, 5.41) is 17.2. The zero-order valence-electron chi connectivity index (χ0n) is 6.79. The van der Waals surface area contributed by atoms with E-state index in [4.69, 9.17) is 10.2 Å². The zero-order valence-corrected chi connectivity index (χ0v) is 6.79. The van der Waals surface area contributed by atoms with Crippen molar-refractivity contribution in [3.63, 3.8) is 0 Å². The van der Waals surface area contributed by atoms with Crippen molar-refractivity contribution >= 4 is 82.2 Å². The molecule has 6 heteroatoms. The van der Waals surface area contributed by atoms with Crippen molar-refractivity contribution in [3.8, 4) is 0 Å². The number of aliphatic carboxylic acids is 2. The van der Waals surface area contributed by atoms with Gasteiger partial charge in [0.2, 0.25) is 0 Å². The summed E-state index contributed by atoms with van der Waals surface area (Å²) in [4.78, 5) is 21.0. The van der Waals surface area contributed by atoms with Gasteiger partial charge in [-0.3, -0.25) is 9.59 Å². The van der Waals surface area contributed by atoms with Gasteiger partial charge in [-0.1, -0.05) is 13.8 Å². The van der Waals surface area contributed by atoms with Crippen LogP contribution in [0.1, 0.15) is 20.8 Å². The zero-order chi connectivity index (χ0) is 9.23. The van der Waals surface area contributed by atoms with E-state index in [9.17, 15) is 9.59 Å². The van der Waals surface area contributed by atoms with Gasteiger partial charge in [0.15, 0.2) is 5.41 Å². The molecular formula is C7H14KLiO4. The molecule has 0 aliphatic rings. The first-order valence-electron chi connectivity index (χ1n) is 3.30. The van der Waals surface area contributed by atoms with Gasteiger partial charge in [0.25, 0.3) is 0 Å². The molecule has 0 aliphatic heterocycles. The molecule has 0 aliphatic carbocycles. The summed E-state index contributed by atoms with van der Waals surface area (Å²) in [6.45, 7) is 4.35. The molecule has 4 nitrogen and oxygen atoms in total. The average molecular weight is 208 g/mol. The standard InChI is InChI=1S/C7H12O4.K.Li.2H/c1-4(2)7(3,5(8)9)6(10)11;;;;/h4H,1-3H3,(H,8,9)(H,10,11);;;;. The molecule has 0 radical (unpaired) electrons. The molecule has 0 fully saturated rings. The van der Waals surface area contributed by atoms with Crippen LogP contribution >= 0.6 is 0 Å². The number of hydrogen-bond acceptors (Lipinski definition) is 2. The third kappa shape index (κ3) is 4.47. The molecule has 0 spiro atoms. The van der Waals surface area contributed by atoms with Crippen molar-refractivity contribution in [1.82, 2.24) is 0 Å². The van der Waals surface area contributed by atoms with Gasteiger partial charge in [-0.2, -0.15) is 0 Å². The van der Waals surface area contributed by atoms with Gasteiger partial charge in [0.1, 0.15) is 0 Å². The Morgan fingerprint density at radius 3 is 1.38 bits per heavy atom. The molecule has 0 aromatic heterocycles. The molecule has 0 bridgehead atoms. The summed E-state index contributed by atoms with van der Waals surface area (Å²) in [5.41, 5.74) is -1.67. The van der Waals surface area contributed by atoms with Crippen molar-refractivity contribution < 1.29 is 19.8 Å². The van der Waals surface area contributed by atoms with E-state index in [2.05, 4.69) is 0 Å². The first-order valence-corrected chi connectivity index (χ1v) is 3.30. The van der Waals surface area contributed by atoms with Gasteiger partial charge in [0, 0.05) is 0 Å². The predicted molar refractivity (Wildman–Crippen MR) is 52.5 cm³/mol. The molecule has 68 valence electrons. The number of carboxylic acids is 2. The Morgan fingerprint density at radius 1 is 1.15 bits per heavy atom. The van der Waals surface area contributed by atoms with E-state index in [1.165, 1.54) is 6.92 Å². The fourth-order valence-corrected chi connectivity index (χ4v) is 0.585. The van der Waals surface area contributed by atoms with Gasteiger partial charge >= 0.3 is 82.2 Å². The second-order valence-corrected chi connectivity index (χ2v) is 2.97. The normalized spacial score (nSPS) is 9.85. The van der Waals surface area contributed by atoms with Crippen molar-refractivity contribution in [2.75, 3.05) is 0 Å². The van der Waals surface area contributed by atoms with Crippen LogP contribution in [0.15, 0.2) is 0 Å². The molecule has 0 atom stereocenters. The number of carbonyl (C=O) groups is 2. The summed E-state index contributed by atoms with van der Waals surface area (Å²) >= 11 is 0. The first-order chi connectivity index (χ1) is 4.83. The minimum atomic E-state index is -1.67. The Bertz CT molecular complexity index is 179. The van der Waals surface area contributed by atoms with Gasteiger partial charge in [-0.15, -0.1) is 0 Å². The van der Waals surface area contributed by atoms with Crippen molar-refractivity contribution in [1.29, 1.82) is 0 Å². The van der Waals surface area contributed by atoms with Crippen LogP contribution < -0.4 is 0 Å². The summed E-state index contributed by atoms with van der Waals surface area (Å²) in [6.07, 6.45) is 0. The fraction of sp³-hybridized carbons (Fsp3) is 0.714. The minimum absolute atomic E-state index is 0. The number of carboxylic acid groups (broad SMARTS) is 2. The molecule has 2 N–H and O–H groups in total. The molecule has 0 heterocycles. The molecule has 0 aromatic carbocycles. The van der Waals surface area contributed by atoms with E-state index in [1.807, 2.05) is 0 Å². The Morgan fingerprint density at radius 2 is 1.38 bits per heavy atom. The Balaban J connectivity index is -0.000000500. The van der Waals surface area contributed by atoms with E-state index in [1.54, 1.807) is 13.8 Å². The third-order valence-corrected chi connectivity index (χ3v) is 2.04. The quantitative estimate of drug-likeness (QED) is 0.485. The van der Waals surface area contributed by atoms with Crippen LogP contribution in [0.25, 0.3) is 0 Å². The third-order valence-electron chi connectivity index (χ3n) is 2.04. The SMILES string of the molecule is CC(C)C(C)(C(=O)O)C(=O)O.[KH].[LiH]. The molecule has 0 amide bonds. The molecular weight excluding hydrogens is 194 g/mol. The maximum absolute atomic E-state index is 10.5. The van der Waals surface area contributed by atoms with Crippen molar-refractivity contribution in [2.24, 2.45) is 11.3 Å². The second kappa shape index (κ2) is 7.46. The Labute approximate surface area is 132 Å². The predicted octanol–water partition coefficient (Wildman–Crippen LogP) is -0.479. The van der Waals surface area contributed by atoms with E-state index in [0.29, 0.717) is 0 Å². The van der Waals surface area contributed by atoms with E-state index in [0.717, 1.165) is 0 Å². The average Bonchev–Trinajstić information content (AvgIpc) is 1.84. The fourth-order valence-electron chi connectivity index (χ4n) is 0.585. The van der Waals surface area contributed by atoms with E-state index < -0.39 is 23.3 Å². The molecule has 0 saturated heterocycles. The van der Waals surface area contributed by atoms with Crippen LogP contribution in [0.5, 0.6) is 0 Å². The Kier molecular flexibility index (Phi) is 11.3. The van der Waals surface area contributed by atoms with Crippen LogP contribution in [0, 0.1) is 11.3 Å². The topological polar surface area (TPSA) is 74.6 Å². The van der Waals surface area contributed by atoms with E-state index >= 15 is 0 Å². The van der Waals surface area contributed by atoms with Crippen LogP contribution in [0.4, 0.5) is 0 Å². The molecule has 0 unspecified atom stereocenters. The monoisotopic (exact) mass is 208 g/mol. The van der Waals surface area contributed by atoms with Crippen LogP contribution in [-0.2, 0) is 9.59 Å². The van der Waals surface area contributed by atoms with Crippen molar-refractivity contribution in [2.45, 2.75) is 20.8 Å². The first kappa shape index (κ1) is 19.7. The van der Waals surface area contributed by atoms with Gasteiger partial charge in [0.05, 0.1) is 0 Å². The summed E-state index contributed by atoms with van der Waals surface area (Å²) in [6, 6.07) is 0. The van der Waals surface area contributed by atoms with E-state index in [-0.39, 0.29) is 70.2 Å². The summed E-state index contributed by atoms with van der Waals surface area (Å²) in [7, 11) is 0. The molecule has 0 aromatic rings. The van der Waals surface area contributed by atoms with Crippen LogP contribution in [0.3, 0.4) is 0 Å². The van der Waals surface area contributed by atoms with Crippen molar-refractivity contribution in [3.05, 3.63) is 0 Å². The maximum atomic E-state index is 10.5. The number of rotatable bonds is 3. The summed E-state index contributed by atoms with van der Waals surface area (Å²) < 4.78 is 0. The number of hydrogen-bond donors (Lipinski definition) is 2. The van der Waals surface area contributed by atoms with Gasteiger partial charge in [-0.05, 0) is 12.8 Å². The Hall–Kier alpha value is 1.17. The molecule has 0 saturated carbocycles. The van der Waals surface area contributed by atoms with Crippen LogP contribution in [-0.4, -0.2) is 92.4 Å². The van der Waals surface area contributed by atoms with Gasteiger partial charge in [-0.25, -0.2) is 0 Å². The van der Waals surface area contributed by atoms with Gasteiger partial charge < -0.3 is 10.2 Å².